The number of halogens is 3. The van der Waals surface area contributed by atoms with Crippen molar-refractivity contribution < 1.29 is 37.8 Å². The number of carboxylic acids is 2. The average molecular weight is 361 g/mol. The van der Waals surface area contributed by atoms with Crippen molar-refractivity contribution in [2.24, 2.45) is 16.3 Å². The molecule has 2 rings (SSSR count). The topological polar surface area (TPSA) is 142 Å². The highest BCUT2D eigenvalue weighted by molar-refractivity contribution is 5.99. The molecular formula is C14H14F3N3O5. The molecule has 8 nitrogen and oxygen atoms in total. The fourth-order valence-corrected chi connectivity index (χ4v) is 1.87. The predicted octanol–water partition coefficient (Wildman–Crippen LogP) is 1.00. The molecule has 0 bridgehead atoms. The maximum atomic E-state index is 12.2. The number of hydrazone groups is 1. The van der Waals surface area contributed by atoms with Crippen LogP contribution >= 0.6 is 0 Å². The molecule has 0 saturated heterocycles. The van der Waals surface area contributed by atoms with E-state index < -0.39 is 36.0 Å². The quantitative estimate of drug-likeness (QED) is 0.633. The van der Waals surface area contributed by atoms with Gasteiger partial charge in [0.05, 0.1) is 23.9 Å². The Kier molecular flexibility index (Phi) is 5.74. The van der Waals surface area contributed by atoms with Crippen LogP contribution in [-0.4, -0.2) is 47.0 Å². The SMILES string of the molecule is Cc1cc(C(=O)O)cc(C(=O)O)c1.NC(=O)C1(C(F)(F)F)C=NNC1. The van der Waals surface area contributed by atoms with Gasteiger partial charge in [0, 0.05) is 0 Å². The second-order valence-electron chi connectivity index (χ2n) is 5.12. The summed E-state index contributed by atoms with van der Waals surface area (Å²) in [6, 6.07) is 3.99. The normalized spacial score (nSPS) is 18.7. The number of carbonyl (C=O) groups excluding carboxylic acids is 1. The van der Waals surface area contributed by atoms with E-state index in [4.69, 9.17) is 10.2 Å². The summed E-state index contributed by atoms with van der Waals surface area (Å²) in [6.45, 7) is 1.03. The summed E-state index contributed by atoms with van der Waals surface area (Å²) in [5.41, 5.74) is 4.66. The zero-order valence-corrected chi connectivity index (χ0v) is 12.8. The van der Waals surface area contributed by atoms with Crippen molar-refractivity contribution >= 4 is 24.1 Å². The standard InChI is InChI=1S/C9H8O4.C5H6F3N3O/c1-5-2-6(8(10)11)4-7(3-5)9(12)13;6-5(7,8)4(3(9)12)1-10-11-2-4/h2-4H,1H3,(H,10,11)(H,12,13);1,11H,2H2,(H2,9,12). The van der Waals surface area contributed by atoms with Crippen molar-refractivity contribution in [3.63, 3.8) is 0 Å². The highest BCUT2D eigenvalue weighted by Gasteiger charge is 2.60. The smallest absolute Gasteiger partial charge is 0.409 e. The molecule has 11 heteroatoms. The lowest BCUT2D eigenvalue weighted by Crippen LogP contribution is -2.52. The number of nitrogens with zero attached hydrogens (tertiary/aromatic N) is 1. The van der Waals surface area contributed by atoms with Gasteiger partial charge >= 0.3 is 18.1 Å². The molecule has 1 amide bonds. The first-order valence-electron chi connectivity index (χ1n) is 6.62. The van der Waals surface area contributed by atoms with E-state index in [0.717, 1.165) is 6.07 Å². The molecule has 1 aromatic carbocycles. The summed E-state index contributed by atoms with van der Waals surface area (Å²) in [7, 11) is 0. The molecule has 0 radical (unpaired) electrons. The van der Waals surface area contributed by atoms with Crippen LogP contribution in [0.5, 0.6) is 0 Å². The number of nitrogens with one attached hydrogen (secondary N) is 1. The average Bonchev–Trinajstić information content (AvgIpc) is 2.97. The lowest BCUT2D eigenvalue weighted by atomic mass is 9.89. The third-order valence-electron chi connectivity index (χ3n) is 3.25. The molecular weight excluding hydrogens is 347 g/mol. The first kappa shape index (κ1) is 19.9. The van der Waals surface area contributed by atoms with Crippen LogP contribution in [0.2, 0.25) is 0 Å². The van der Waals surface area contributed by atoms with Gasteiger partial charge in [-0.05, 0) is 30.7 Å². The van der Waals surface area contributed by atoms with Crippen molar-refractivity contribution in [2.45, 2.75) is 13.1 Å². The van der Waals surface area contributed by atoms with Crippen molar-refractivity contribution in [1.29, 1.82) is 0 Å². The molecule has 1 aliphatic heterocycles. The van der Waals surface area contributed by atoms with Crippen LogP contribution < -0.4 is 11.2 Å². The van der Waals surface area contributed by atoms with Crippen LogP contribution in [0.4, 0.5) is 13.2 Å². The van der Waals surface area contributed by atoms with Crippen LogP contribution in [0.25, 0.3) is 0 Å². The van der Waals surface area contributed by atoms with Crippen LogP contribution in [0.1, 0.15) is 26.3 Å². The molecule has 0 saturated carbocycles. The van der Waals surface area contributed by atoms with Gasteiger partial charge in [0.25, 0.3) is 0 Å². The molecule has 1 atom stereocenters. The fourth-order valence-electron chi connectivity index (χ4n) is 1.87. The minimum absolute atomic E-state index is 0.00241. The Morgan fingerprint density at radius 2 is 1.64 bits per heavy atom. The van der Waals surface area contributed by atoms with Gasteiger partial charge in [-0.1, -0.05) is 0 Å². The summed E-state index contributed by atoms with van der Waals surface area (Å²) in [6.07, 6.45) is -4.19. The zero-order chi connectivity index (χ0) is 19.4. The Balaban J connectivity index is 0.000000251. The van der Waals surface area contributed by atoms with E-state index in [1.807, 2.05) is 5.43 Å². The number of benzene rings is 1. The second-order valence-corrected chi connectivity index (χ2v) is 5.12. The third kappa shape index (κ3) is 4.46. The maximum Gasteiger partial charge on any atom is 0.409 e. The molecule has 0 spiro atoms. The van der Waals surface area contributed by atoms with Crippen molar-refractivity contribution in [1.82, 2.24) is 5.43 Å². The lowest BCUT2D eigenvalue weighted by molar-refractivity contribution is -0.194. The maximum absolute atomic E-state index is 12.2. The highest BCUT2D eigenvalue weighted by atomic mass is 19.4. The van der Waals surface area contributed by atoms with Crippen LogP contribution in [0, 0.1) is 12.3 Å². The molecule has 136 valence electrons. The van der Waals surface area contributed by atoms with Gasteiger partial charge in [-0.2, -0.15) is 18.3 Å². The summed E-state index contributed by atoms with van der Waals surface area (Å²) in [4.78, 5) is 31.6. The third-order valence-corrected chi connectivity index (χ3v) is 3.25. The number of hydrogen-bond donors (Lipinski definition) is 4. The number of aromatic carboxylic acids is 2. The zero-order valence-electron chi connectivity index (χ0n) is 12.8. The summed E-state index contributed by atoms with van der Waals surface area (Å²) in [5.74, 6) is -3.68. The Morgan fingerprint density at radius 1 is 1.16 bits per heavy atom. The fraction of sp³-hybridized carbons (Fsp3) is 0.286. The first-order valence-corrected chi connectivity index (χ1v) is 6.62. The van der Waals surface area contributed by atoms with E-state index >= 15 is 0 Å². The van der Waals surface area contributed by atoms with Gasteiger partial charge in [-0.25, -0.2) is 9.59 Å². The monoisotopic (exact) mass is 361 g/mol. The molecule has 1 unspecified atom stereocenters. The van der Waals surface area contributed by atoms with Gasteiger partial charge < -0.3 is 21.4 Å². The Morgan fingerprint density at radius 3 is 1.88 bits per heavy atom. The van der Waals surface area contributed by atoms with Crippen molar-refractivity contribution in [3.05, 3.63) is 34.9 Å². The van der Waals surface area contributed by atoms with Crippen LogP contribution in [-0.2, 0) is 4.79 Å². The van der Waals surface area contributed by atoms with Crippen molar-refractivity contribution in [3.8, 4) is 0 Å². The van der Waals surface area contributed by atoms with Gasteiger partial charge in [-0.3, -0.25) is 4.79 Å². The van der Waals surface area contributed by atoms with Gasteiger partial charge in [0.15, 0.2) is 5.41 Å². The molecule has 1 aliphatic rings. The Labute approximate surface area is 139 Å². The lowest BCUT2D eigenvalue weighted by Gasteiger charge is -2.23. The van der Waals surface area contributed by atoms with Crippen LogP contribution in [0.15, 0.2) is 23.3 Å². The summed E-state index contributed by atoms with van der Waals surface area (Å²) in [5, 5.41) is 20.4. The minimum Gasteiger partial charge on any atom is -0.478 e. The number of rotatable bonds is 3. The number of nitrogens with two attached hydrogens (primary N) is 1. The van der Waals surface area contributed by atoms with Crippen LogP contribution in [0.3, 0.4) is 0 Å². The van der Waals surface area contributed by atoms with E-state index in [-0.39, 0.29) is 11.1 Å². The Bertz CT molecular complexity index is 701. The van der Waals surface area contributed by atoms with Gasteiger partial charge in [0.2, 0.25) is 5.91 Å². The molecule has 0 aliphatic carbocycles. The van der Waals surface area contributed by atoms with E-state index in [2.05, 4.69) is 10.8 Å². The molecule has 0 fully saturated rings. The summed E-state index contributed by atoms with van der Waals surface area (Å²) >= 11 is 0. The van der Waals surface area contributed by atoms with E-state index in [9.17, 15) is 27.6 Å². The molecule has 0 aromatic heterocycles. The number of primary amides is 1. The number of amides is 1. The van der Waals surface area contributed by atoms with Crippen molar-refractivity contribution in [2.75, 3.05) is 6.54 Å². The van der Waals surface area contributed by atoms with E-state index in [0.29, 0.717) is 11.8 Å². The number of carboxylic acid groups (broad SMARTS) is 2. The predicted molar refractivity (Wildman–Crippen MR) is 79.3 cm³/mol. The number of carbonyl (C=O) groups is 3. The summed E-state index contributed by atoms with van der Waals surface area (Å²) < 4.78 is 36.7. The molecule has 25 heavy (non-hydrogen) atoms. The number of alkyl halides is 3. The molecule has 1 heterocycles. The van der Waals surface area contributed by atoms with E-state index in [1.165, 1.54) is 12.1 Å². The largest absolute Gasteiger partial charge is 0.478 e. The number of hydrogen-bond acceptors (Lipinski definition) is 5. The first-order chi connectivity index (χ1) is 11.4. The van der Waals surface area contributed by atoms with Gasteiger partial charge in [0.1, 0.15) is 0 Å². The highest BCUT2D eigenvalue weighted by Crippen LogP contribution is 2.37. The number of aryl methyl sites for hydroxylation is 1. The molecule has 1 aromatic rings. The second kappa shape index (κ2) is 7.20. The molecule has 5 N–H and O–H groups in total. The van der Waals surface area contributed by atoms with Gasteiger partial charge in [-0.15, -0.1) is 0 Å². The van der Waals surface area contributed by atoms with E-state index in [1.54, 1.807) is 6.92 Å². The minimum atomic E-state index is -4.69. The Hall–Kier alpha value is -3.11.